The molecule has 2 aliphatic heterocycles. The molecule has 2 fully saturated rings. The van der Waals surface area contributed by atoms with Gasteiger partial charge in [-0.15, -0.1) is 0 Å². The van der Waals surface area contributed by atoms with Crippen molar-refractivity contribution in [1.82, 2.24) is 14.9 Å². The van der Waals surface area contributed by atoms with Gasteiger partial charge >= 0.3 is 0 Å². The monoisotopic (exact) mass is 260 g/mol. The van der Waals surface area contributed by atoms with Crippen LogP contribution < -0.4 is 4.90 Å². The Kier molecular flexibility index (Phi) is 3.44. The highest BCUT2D eigenvalue weighted by Gasteiger charge is 2.38. The summed E-state index contributed by atoms with van der Waals surface area (Å²) in [6, 6.07) is 0. The molecule has 1 aromatic heterocycles. The highest BCUT2D eigenvalue weighted by molar-refractivity contribution is 5.31. The second kappa shape index (κ2) is 5.08. The van der Waals surface area contributed by atoms with Crippen molar-refractivity contribution in [2.45, 2.75) is 32.6 Å². The van der Waals surface area contributed by atoms with E-state index in [4.69, 9.17) is 0 Å². The van der Waals surface area contributed by atoms with E-state index in [0.29, 0.717) is 5.41 Å². The van der Waals surface area contributed by atoms with Gasteiger partial charge in [0, 0.05) is 37.4 Å². The number of hydrogen-bond donors (Lipinski definition) is 0. The number of aromatic nitrogens is 2. The first-order valence-corrected chi connectivity index (χ1v) is 7.39. The molecule has 2 aliphatic rings. The van der Waals surface area contributed by atoms with Crippen molar-refractivity contribution in [2.24, 2.45) is 5.41 Å². The van der Waals surface area contributed by atoms with Gasteiger partial charge in [0.25, 0.3) is 0 Å². The predicted octanol–water partition coefficient (Wildman–Crippen LogP) is 2.10. The Morgan fingerprint density at radius 2 is 1.74 bits per heavy atom. The first kappa shape index (κ1) is 12.9. The van der Waals surface area contributed by atoms with Gasteiger partial charge in [0.15, 0.2) is 0 Å². The molecule has 4 heteroatoms. The molecule has 0 N–H and O–H groups in total. The van der Waals surface area contributed by atoms with E-state index in [9.17, 15) is 0 Å². The molecule has 1 atom stereocenters. The zero-order valence-electron chi connectivity index (χ0n) is 12.1. The quantitative estimate of drug-likeness (QED) is 0.774. The smallest absolute Gasteiger partial charge is 0.225 e. The molecule has 2 saturated heterocycles. The minimum atomic E-state index is 0.472. The minimum Gasteiger partial charge on any atom is -0.340 e. The highest BCUT2D eigenvalue weighted by atomic mass is 15.3. The molecule has 0 radical (unpaired) electrons. The molecule has 1 aromatic rings. The fourth-order valence-electron chi connectivity index (χ4n) is 3.72. The second-order valence-electron chi connectivity index (χ2n) is 6.43. The van der Waals surface area contributed by atoms with Gasteiger partial charge < -0.3 is 9.80 Å². The number of rotatable bonds is 1. The third kappa shape index (κ3) is 2.73. The number of likely N-dealkylation sites (tertiary alicyclic amines) is 1. The fourth-order valence-corrected chi connectivity index (χ4v) is 3.72. The predicted molar refractivity (Wildman–Crippen MR) is 77.4 cm³/mol. The number of anilines is 1. The van der Waals surface area contributed by atoms with Gasteiger partial charge in [-0.2, -0.15) is 0 Å². The Bertz CT molecular complexity index is 426. The zero-order chi connectivity index (χ0) is 13.3. The van der Waals surface area contributed by atoms with E-state index in [2.05, 4.69) is 26.8 Å². The zero-order valence-corrected chi connectivity index (χ0v) is 12.1. The summed E-state index contributed by atoms with van der Waals surface area (Å²) in [4.78, 5) is 13.9. The van der Waals surface area contributed by atoms with E-state index in [1.165, 1.54) is 38.8 Å². The SMILES string of the molecule is Cc1cnc(N2CCC[C@]3(CCCN(C)C3)C2)nc1. The van der Waals surface area contributed by atoms with E-state index in [0.717, 1.165) is 24.6 Å². The summed E-state index contributed by atoms with van der Waals surface area (Å²) in [5.74, 6) is 0.915. The van der Waals surface area contributed by atoms with Crippen molar-refractivity contribution in [3.8, 4) is 0 Å². The van der Waals surface area contributed by atoms with Crippen LogP contribution in [0, 0.1) is 12.3 Å². The summed E-state index contributed by atoms with van der Waals surface area (Å²) in [6.45, 7) is 6.75. The first-order valence-electron chi connectivity index (χ1n) is 7.39. The normalized spacial score (nSPS) is 28.8. The molecule has 3 rings (SSSR count). The molecule has 19 heavy (non-hydrogen) atoms. The van der Waals surface area contributed by atoms with Crippen LogP contribution >= 0.6 is 0 Å². The Hall–Kier alpha value is -1.16. The van der Waals surface area contributed by atoms with Gasteiger partial charge in [0.2, 0.25) is 5.95 Å². The molecule has 3 heterocycles. The lowest BCUT2D eigenvalue weighted by atomic mass is 9.74. The van der Waals surface area contributed by atoms with Gasteiger partial charge in [-0.1, -0.05) is 0 Å². The van der Waals surface area contributed by atoms with Crippen LogP contribution in [0.3, 0.4) is 0 Å². The van der Waals surface area contributed by atoms with Crippen LogP contribution in [0.15, 0.2) is 12.4 Å². The summed E-state index contributed by atoms with van der Waals surface area (Å²) in [5, 5.41) is 0. The Morgan fingerprint density at radius 1 is 1.05 bits per heavy atom. The standard InChI is InChI=1S/C15H24N4/c1-13-9-16-14(17-10-13)19-8-4-6-15(12-19)5-3-7-18(2)11-15/h9-10H,3-8,11-12H2,1-2H3/t15-/m0/s1. The lowest BCUT2D eigenvalue weighted by molar-refractivity contribution is 0.0905. The molecular formula is C15H24N4. The molecule has 0 bridgehead atoms. The Morgan fingerprint density at radius 3 is 2.42 bits per heavy atom. The molecule has 0 aliphatic carbocycles. The van der Waals surface area contributed by atoms with E-state index in [-0.39, 0.29) is 0 Å². The molecule has 4 nitrogen and oxygen atoms in total. The van der Waals surface area contributed by atoms with Crippen LogP contribution in [0.2, 0.25) is 0 Å². The molecule has 0 saturated carbocycles. The van der Waals surface area contributed by atoms with Crippen LogP contribution in [0.5, 0.6) is 0 Å². The lowest BCUT2D eigenvalue weighted by Gasteiger charge is -2.47. The summed E-state index contributed by atoms with van der Waals surface area (Å²) >= 11 is 0. The summed E-state index contributed by atoms with van der Waals surface area (Å²) in [6.07, 6.45) is 9.18. The number of aryl methyl sites for hydroxylation is 1. The van der Waals surface area contributed by atoms with Crippen molar-refractivity contribution >= 4 is 5.95 Å². The van der Waals surface area contributed by atoms with E-state index >= 15 is 0 Å². The van der Waals surface area contributed by atoms with Crippen molar-refractivity contribution in [2.75, 3.05) is 38.1 Å². The van der Waals surface area contributed by atoms with Crippen molar-refractivity contribution in [3.63, 3.8) is 0 Å². The third-order valence-corrected chi connectivity index (χ3v) is 4.56. The van der Waals surface area contributed by atoms with Crippen molar-refractivity contribution in [1.29, 1.82) is 0 Å². The Balaban J connectivity index is 1.75. The summed E-state index contributed by atoms with van der Waals surface area (Å²) in [5.41, 5.74) is 1.60. The largest absolute Gasteiger partial charge is 0.340 e. The number of piperidine rings is 2. The summed E-state index contributed by atoms with van der Waals surface area (Å²) in [7, 11) is 2.25. The first-order chi connectivity index (χ1) is 9.17. The van der Waals surface area contributed by atoms with Crippen molar-refractivity contribution in [3.05, 3.63) is 18.0 Å². The molecule has 0 amide bonds. The second-order valence-corrected chi connectivity index (χ2v) is 6.43. The maximum absolute atomic E-state index is 4.50. The van der Waals surface area contributed by atoms with Gasteiger partial charge in [-0.05, 0) is 51.8 Å². The van der Waals surface area contributed by atoms with E-state index < -0.39 is 0 Å². The van der Waals surface area contributed by atoms with Crippen molar-refractivity contribution < 1.29 is 0 Å². The number of hydrogen-bond acceptors (Lipinski definition) is 4. The van der Waals surface area contributed by atoms with Crippen LogP contribution in [0.1, 0.15) is 31.2 Å². The minimum absolute atomic E-state index is 0.472. The van der Waals surface area contributed by atoms with Gasteiger partial charge in [0.05, 0.1) is 0 Å². The van der Waals surface area contributed by atoms with E-state index in [1.807, 2.05) is 19.3 Å². The molecule has 0 unspecified atom stereocenters. The van der Waals surface area contributed by atoms with Crippen LogP contribution in [0.25, 0.3) is 0 Å². The molecule has 104 valence electrons. The van der Waals surface area contributed by atoms with Crippen LogP contribution in [0.4, 0.5) is 5.95 Å². The third-order valence-electron chi connectivity index (χ3n) is 4.56. The van der Waals surface area contributed by atoms with E-state index in [1.54, 1.807) is 0 Å². The molecular weight excluding hydrogens is 236 g/mol. The maximum Gasteiger partial charge on any atom is 0.225 e. The fraction of sp³-hybridized carbons (Fsp3) is 0.733. The lowest BCUT2D eigenvalue weighted by Crippen LogP contribution is -2.51. The van der Waals surface area contributed by atoms with Gasteiger partial charge in [-0.25, -0.2) is 9.97 Å². The van der Waals surface area contributed by atoms with Gasteiger partial charge in [-0.3, -0.25) is 0 Å². The average Bonchev–Trinajstić information content (AvgIpc) is 2.39. The average molecular weight is 260 g/mol. The Labute approximate surface area is 115 Å². The van der Waals surface area contributed by atoms with Gasteiger partial charge in [0.1, 0.15) is 0 Å². The maximum atomic E-state index is 4.50. The molecule has 0 aromatic carbocycles. The topological polar surface area (TPSA) is 32.3 Å². The molecule has 1 spiro atoms. The van der Waals surface area contributed by atoms with Crippen LogP contribution in [-0.4, -0.2) is 48.1 Å². The van der Waals surface area contributed by atoms with Crippen LogP contribution in [-0.2, 0) is 0 Å². The summed E-state index contributed by atoms with van der Waals surface area (Å²) < 4.78 is 0. The number of nitrogens with zero attached hydrogens (tertiary/aromatic N) is 4. The highest BCUT2D eigenvalue weighted by Crippen LogP contribution is 2.38.